The minimum atomic E-state index is -0.454. The zero-order chi connectivity index (χ0) is 13.5. The molecule has 1 atom stereocenters. The number of aliphatic hydroxyl groups is 1. The topological polar surface area (TPSA) is 81.8 Å². The van der Waals surface area contributed by atoms with Crippen molar-refractivity contribution in [1.82, 2.24) is 0 Å². The normalized spacial score (nSPS) is 11.9. The summed E-state index contributed by atoms with van der Waals surface area (Å²) in [6.07, 6.45) is 0. The lowest BCUT2D eigenvalue weighted by atomic mass is 10.2. The predicted molar refractivity (Wildman–Crippen MR) is 68.6 cm³/mol. The SMILES string of the molecule is CCOc1ccc(C(=O)OCC(C)CO)cc1N. The number of rotatable bonds is 6. The number of anilines is 1. The van der Waals surface area contributed by atoms with Crippen LogP contribution in [-0.2, 0) is 4.74 Å². The Morgan fingerprint density at radius 2 is 2.22 bits per heavy atom. The second-order valence-electron chi connectivity index (χ2n) is 4.07. The fraction of sp³-hybridized carbons (Fsp3) is 0.462. The van der Waals surface area contributed by atoms with E-state index in [2.05, 4.69) is 0 Å². The maximum Gasteiger partial charge on any atom is 0.338 e. The first-order valence-electron chi connectivity index (χ1n) is 5.88. The summed E-state index contributed by atoms with van der Waals surface area (Å²) in [7, 11) is 0. The van der Waals surface area contributed by atoms with Crippen LogP contribution in [0.15, 0.2) is 18.2 Å². The van der Waals surface area contributed by atoms with Crippen LogP contribution < -0.4 is 10.5 Å². The molecule has 18 heavy (non-hydrogen) atoms. The summed E-state index contributed by atoms with van der Waals surface area (Å²) in [4.78, 5) is 11.7. The lowest BCUT2D eigenvalue weighted by Crippen LogP contribution is -2.14. The van der Waals surface area contributed by atoms with E-state index in [9.17, 15) is 4.79 Å². The number of esters is 1. The van der Waals surface area contributed by atoms with Gasteiger partial charge in [0.2, 0.25) is 0 Å². The molecule has 1 unspecified atom stereocenters. The molecule has 1 rings (SSSR count). The van der Waals surface area contributed by atoms with E-state index in [0.717, 1.165) is 0 Å². The average molecular weight is 253 g/mol. The van der Waals surface area contributed by atoms with E-state index in [1.807, 2.05) is 6.92 Å². The van der Waals surface area contributed by atoms with Gasteiger partial charge in [0.1, 0.15) is 5.75 Å². The van der Waals surface area contributed by atoms with Crippen molar-refractivity contribution in [2.45, 2.75) is 13.8 Å². The molecule has 1 aromatic carbocycles. The number of ether oxygens (including phenoxy) is 2. The van der Waals surface area contributed by atoms with Gasteiger partial charge in [0, 0.05) is 12.5 Å². The Labute approximate surface area is 107 Å². The Morgan fingerprint density at radius 1 is 1.50 bits per heavy atom. The van der Waals surface area contributed by atoms with Crippen LogP contribution in [0.3, 0.4) is 0 Å². The standard InChI is InChI=1S/C13H19NO4/c1-3-17-12-5-4-10(6-11(12)14)13(16)18-8-9(2)7-15/h4-6,9,15H,3,7-8,14H2,1-2H3. The van der Waals surface area contributed by atoms with Crippen molar-refractivity contribution in [1.29, 1.82) is 0 Å². The monoisotopic (exact) mass is 253 g/mol. The van der Waals surface area contributed by atoms with Gasteiger partial charge in [-0.05, 0) is 25.1 Å². The molecule has 1 aromatic rings. The average Bonchev–Trinajstić information content (AvgIpc) is 2.38. The molecule has 0 saturated heterocycles. The van der Waals surface area contributed by atoms with Crippen molar-refractivity contribution in [2.75, 3.05) is 25.6 Å². The van der Waals surface area contributed by atoms with Crippen molar-refractivity contribution >= 4 is 11.7 Å². The summed E-state index contributed by atoms with van der Waals surface area (Å²) in [5.74, 6) is 0.0248. The first kappa shape index (κ1) is 14.3. The Balaban J connectivity index is 2.66. The molecule has 0 saturated carbocycles. The molecule has 0 fully saturated rings. The number of carbonyl (C=O) groups is 1. The van der Waals surface area contributed by atoms with Gasteiger partial charge in [-0.2, -0.15) is 0 Å². The summed E-state index contributed by atoms with van der Waals surface area (Å²) in [5, 5.41) is 8.83. The highest BCUT2D eigenvalue weighted by Crippen LogP contribution is 2.22. The molecule has 0 aliphatic rings. The lowest BCUT2D eigenvalue weighted by Gasteiger charge is -2.11. The molecule has 3 N–H and O–H groups in total. The minimum absolute atomic E-state index is 0.0152. The van der Waals surface area contributed by atoms with Gasteiger partial charge < -0.3 is 20.3 Å². The van der Waals surface area contributed by atoms with E-state index in [4.69, 9.17) is 20.3 Å². The Hall–Kier alpha value is -1.75. The van der Waals surface area contributed by atoms with Crippen molar-refractivity contribution in [3.63, 3.8) is 0 Å². The number of hydrogen-bond acceptors (Lipinski definition) is 5. The van der Waals surface area contributed by atoms with Crippen LogP contribution in [0.4, 0.5) is 5.69 Å². The van der Waals surface area contributed by atoms with Gasteiger partial charge in [-0.3, -0.25) is 0 Å². The Bertz CT molecular complexity index is 406. The zero-order valence-corrected chi connectivity index (χ0v) is 10.7. The third-order valence-electron chi connectivity index (χ3n) is 2.36. The van der Waals surface area contributed by atoms with Gasteiger partial charge in [-0.15, -0.1) is 0 Å². The molecule has 0 heterocycles. The van der Waals surface area contributed by atoms with E-state index in [1.165, 1.54) is 6.07 Å². The van der Waals surface area contributed by atoms with Gasteiger partial charge in [0.25, 0.3) is 0 Å². The van der Waals surface area contributed by atoms with Crippen molar-refractivity contribution in [3.8, 4) is 5.75 Å². The van der Waals surface area contributed by atoms with Crippen LogP contribution in [-0.4, -0.2) is 30.9 Å². The molecule has 5 heteroatoms. The largest absolute Gasteiger partial charge is 0.492 e. The highest BCUT2D eigenvalue weighted by molar-refractivity contribution is 5.91. The molecule has 0 aromatic heterocycles. The molecule has 0 amide bonds. The van der Waals surface area contributed by atoms with Crippen LogP contribution in [0.5, 0.6) is 5.75 Å². The van der Waals surface area contributed by atoms with E-state index in [0.29, 0.717) is 23.6 Å². The molecule has 100 valence electrons. The molecule has 0 aliphatic carbocycles. The van der Waals surface area contributed by atoms with E-state index in [1.54, 1.807) is 19.1 Å². The van der Waals surface area contributed by atoms with Crippen LogP contribution >= 0.6 is 0 Å². The predicted octanol–water partition coefficient (Wildman–Crippen LogP) is 1.45. The van der Waals surface area contributed by atoms with E-state index in [-0.39, 0.29) is 19.1 Å². The molecule has 5 nitrogen and oxygen atoms in total. The molecular weight excluding hydrogens is 234 g/mol. The smallest absolute Gasteiger partial charge is 0.338 e. The summed E-state index contributed by atoms with van der Waals surface area (Å²) in [5.41, 5.74) is 6.53. The summed E-state index contributed by atoms with van der Waals surface area (Å²) < 4.78 is 10.3. The third-order valence-corrected chi connectivity index (χ3v) is 2.36. The van der Waals surface area contributed by atoms with Crippen molar-refractivity contribution in [2.24, 2.45) is 5.92 Å². The van der Waals surface area contributed by atoms with Crippen LogP contribution in [0, 0.1) is 5.92 Å². The maximum atomic E-state index is 11.7. The highest BCUT2D eigenvalue weighted by Gasteiger charge is 2.11. The van der Waals surface area contributed by atoms with Crippen LogP contribution in [0.25, 0.3) is 0 Å². The number of hydrogen-bond donors (Lipinski definition) is 2. The van der Waals surface area contributed by atoms with Crippen molar-refractivity contribution in [3.05, 3.63) is 23.8 Å². The molecule has 0 bridgehead atoms. The van der Waals surface area contributed by atoms with Gasteiger partial charge in [0.05, 0.1) is 24.5 Å². The second-order valence-corrected chi connectivity index (χ2v) is 4.07. The Morgan fingerprint density at radius 3 is 2.78 bits per heavy atom. The van der Waals surface area contributed by atoms with Crippen molar-refractivity contribution < 1.29 is 19.4 Å². The zero-order valence-electron chi connectivity index (χ0n) is 10.7. The van der Waals surface area contributed by atoms with E-state index < -0.39 is 5.97 Å². The minimum Gasteiger partial charge on any atom is -0.492 e. The van der Waals surface area contributed by atoms with Crippen LogP contribution in [0.2, 0.25) is 0 Å². The van der Waals surface area contributed by atoms with Gasteiger partial charge in [-0.1, -0.05) is 6.92 Å². The fourth-order valence-electron chi connectivity index (χ4n) is 1.32. The first-order valence-corrected chi connectivity index (χ1v) is 5.88. The number of nitrogens with two attached hydrogens (primary N) is 1. The van der Waals surface area contributed by atoms with Crippen LogP contribution in [0.1, 0.15) is 24.2 Å². The third kappa shape index (κ3) is 3.92. The molecule has 0 spiro atoms. The number of carbonyl (C=O) groups excluding carboxylic acids is 1. The van der Waals surface area contributed by atoms with Gasteiger partial charge in [0.15, 0.2) is 0 Å². The lowest BCUT2D eigenvalue weighted by molar-refractivity contribution is 0.0405. The summed E-state index contributed by atoms with van der Waals surface area (Å²) in [6.45, 7) is 4.33. The van der Waals surface area contributed by atoms with E-state index >= 15 is 0 Å². The van der Waals surface area contributed by atoms with Gasteiger partial charge in [-0.25, -0.2) is 4.79 Å². The number of benzene rings is 1. The summed E-state index contributed by atoms with van der Waals surface area (Å²) in [6, 6.07) is 4.77. The second kappa shape index (κ2) is 6.86. The maximum absolute atomic E-state index is 11.7. The number of aliphatic hydroxyl groups excluding tert-OH is 1. The fourth-order valence-corrected chi connectivity index (χ4v) is 1.32. The first-order chi connectivity index (χ1) is 8.58. The molecule has 0 aliphatic heterocycles. The quantitative estimate of drug-likeness (QED) is 0.592. The van der Waals surface area contributed by atoms with Gasteiger partial charge >= 0.3 is 5.97 Å². The highest BCUT2D eigenvalue weighted by atomic mass is 16.5. The molecule has 0 radical (unpaired) electrons. The Kier molecular flexibility index (Phi) is 5.45. The summed E-state index contributed by atoms with van der Waals surface area (Å²) >= 11 is 0. The number of nitrogen functional groups attached to an aromatic ring is 1. The molecular formula is C13H19NO4.